The zero-order chi connectivity index (χ0) is 14.6. The summed E-state index contributed by atoms with van der Waals surface area (Å²) < 4.78 is 41.8. The van der Waals surface area contributed by atoms with Crippen LogP contribution in [0.3, 0.4) is 0 Å². The Hall–Kier alpha value is -1.56. The average molecular weight is 275 g/mol. The standard InChI is InChI=1S/C13H16F3NO2/c1-8(17-9(2)12(18)19-3)10-4-6-11(7-5-10)13(14,15)16/h4-9,17H,1-3H3/t8-,9+/m1/s1. The maximum atomic E-state index is 12.4. The third-order valence-electron chi connectivity index (χ3n) is 2.79. The Morgan fingerprint density at radius 1 is 1.21 bits per heavy atom. The molecule has 1 aromatic carbocycles. The van der Waals surface area contributed by atoms with Crippen LogP contribution in [0.25, 0.3) is 0 Å². The van der Waals surface area contributed by atoms with Gasteiger partial charge in [-0.05, 0) is 31.5 Å². The van der Waals surface area contributed by atoms with Gasteiger partial charge in [0.05, 0.1) is 12.7 Å². The number of halogens is 3. The molecule has 2 atom stereocenters. The van der Waals surface area contributed by atoms with E-state index in [0.717, 1.165) is 12.1 Å². The summed E-state index contributed by atoms with van der Waals surface area (Å²) in [5, 5.41) is 2.95. The first-order valence-corrected chi connectivity index (χ1v) is 5.76. The first kappa shape index (κ1) is 15.5. The van der Waals surface area contributed by atoms with E-state index in [1.54, 1.807) is 13.8 Å². The maximum absolute atomic E-state index is 12.4. The van der Waals surface area contributed by atoms with E-state index < -0.39 is 23.8 Å². The minimum atomic E-state index is -4.34. The molecule has 0 aliphatic heterocycles. The number of carbonyl (C=O) groups excluding carboxylic acids is 1. The van der Waals surface area contributed by atoms with Gasteiger partial charge < -0.3 is 4.74 Å². The third kappa shape index (κ3) is 4.24. The lowest BCUT2D eigenvalue weighted by Crippen LogP contribution is -2.36. The van der Waals surface area contributed by atoms with Crippen molar-refractivity contribution < 1.29 is 22.7 Å². The van der Waals surface area contributed by atoms with Crippen molar-refractivity contribution in [3.05, 3.63) is 35.4 Å². The molecule has 3 nitrogen and oxygen atoms in total. The van der Waals surface area contributed by atoms with Crippen LogP contribution in [-0.4, -0.2) is 19.1 Å². The van der Waals surface area contributed by atoms with E-state index in [1.807, 2.05) is 0 Å². The summed E-state index contributed by atoms with van der Waals surface area (Å²) in [5.41, 5.74) is -0.0202. The minimum absolute atomic E-state index is 0.253. The monoisotopic (exact) mass is 275 g/mol. The smallest absolute Gasteiger partial charge is 0.416 e. The number of hydrogen-bond acceptors (Lipinski definition) is 3. The fourth-order valence-electron chi connectivity index (χ4n) is 1.68. The number of rotatable bonds is 4. The molecule has 0 aliphatic rings. The number of benzene rings is 1. The fourth-order valence-corrected chi connectivity index (χ4v) is 1.68. The maximum Gasteiger partial charge on any atom is 0.416 e. The lowest BCUT2D eigenvalue weighted by atomic mass is 10.1. The van der Waals surface area contributed by atoms with Crippen molar-refractivity contribution in [1.82, 2.24) is 5.32 Å². The van der Waals surface area contributed by atoms with E-state index >= 15 is 0 Å². The number of alkyl halides is 3. The van der Waals surface area contributed by atoms with Gasteiger partial charge in [-0.1, -0.05) is 12.1 Å². The van der Waals surface area contributed by atoms with Crippen LogP contribution >= 0.6 is 0 Å². The summed E-state index contributed by atoms with van der Waals surface area (Å²) in [6.45, 7) is 3.40. The van der Waals surface area contributed by atoms with Gasteiger partial charge in [-0.2, -0.15) is 13.2 Å². The molecule has 0 saturated carbocycles. The Morgan fingerprint density at radius 2 is 1.74 bits per heavy atom. The highest BCUT2D eigenvalue weighted by Gasteiger charge is 2.30. The Morgan fingerprint density at radius 3 is 2.16 bits per heavy atom. The predicted octanol–water partition coefficient (Wildman–Crippen LogP) is 2.92. The highest BCUT2D eigenvalue weighted by atomic mass is 19.4. The topological polar surface area (TPSA) is 38.3 Å². The molecule has 19 heavy (non-hydrogen) atoms. The Bertz CT molecular complexity index is 429. The molecule has 6 heteroatoms. The molecular weight excluding hydrogens is 259 g/mol. The summed E-state index contributed by atoms with van der Waals surface area (Å²) in [6.07, 6.45) is -4.34. The second kappa shape index (κ2) is 6.06. The highest BCUT2D eigenvalue weighted by molar-refractivity contribution is 5.75. The lowest BCUT2D eigenvalue weighted by Gasteiger charge is -2.19. The Labute approximate surface area is 109 Å². The van der Waals surface area contributed by atoms with E-state index in [1.165, 1.54) is 19.2 Å². The number of carbonyl (C=O) groups is 1. The van der Waals surface area contributed by atoms with E-state index in [9.17, 15) is 18.0 Å². The minimum Gasteiger partial charge on any atom is -0.468 e. The van der Waals surface area contributed by atoms with Crippen molar-refractivity contribution in [3.8, 4) is 0 Å². The molecule has 1 N–H and O–H groups in total. The molecule has 0 radical (unpaired) electrons. The molecule has 0 aromatic heterocycles. The summed E-state index contributed by atoms with van der Waals surface area (Å²) in [4.78, 5) is 11.2. The van der Waals surface area contributed by atoms with Crippen molar-refractivity contribution in [2.75, 3.05) is 7.11 Å². The van der Waals surface area contributed by atoms with E-state index in [4.69, 9.17) is 0 Å². The second-order valence-corrected chi connectivity index (χ2v) is 4.25. The van der Waals surface area contributed by atoms with Crippen molar-refractivity contribution in [3.63, 3.8) is 0 Å². The highest BCUT2D eigenvalue weighted by Crippen LogP contribution is 2.29. The van der Waals surface area contributed by atoms with Crippen LogP contribution in [-0.2, 0) is 15.7 Å². The molecule has 1 rings (SSSR count). The lowest BCUT2D eigenvalue weighted by molar-refractivity contribution is -0.142. The second-order valence-electron chi connectivity index (χ2n) is 4.25. The molecule has 0 fully saturated rings. The number of ether oxygens (including phenoxy) is 1. The van der Waals surface area contributed by atoms with E-state index in [0.29, 0.717) is 5.56 Å². The number of hydrogen-bond donors (Lipinski definition) is 1. The molecule has 0 aliphatic carbocycles. The van der Waals surface area contributed by atoms with Gasteiger partial charge in [-0.15, -0.1) is 0 Å². The van der Waals surface area contributed by atoms with Crippen LogP contribution in [0.2, 0.25) is 0 Å². The summed E-state index contributed by atoms with van der Waals surface area (Å²) in [7, 11) is 1.28. The van der Waals surface area contributed by atoms with Crippen LogP contribution in [0.1, 0.15) is 31.0 Å². The molecule has 0 amide bonds. The van der Waals surface area contributed by atoms with Gasteiger partial charge in [-0.3, -0.25) is 10.1 Å². The van der Waals surface area contributed by atoms with E-state index in [2.05, 4.69) is 10.1 Å². The van der Waals surface area contributed by atoms with Crippen molar-refractivity contribution in [2.24, 2.45) is 0 Å². The van der Waals surface area contributed by atoms with Crippen LogP contribution < -0.4 is 5.32 Å². The molecule has 0 unspecified atom stereocenters. The van der Waals surface area contributed by atoms with Gasteiger partial charge in [-0.25, -0.2) is 0 Å². The van der Waals surface area contributed by atoms with Crippen molar-refractivity contribution in [2.45, 2.75) is 32.1 Å². The quantitative estimate of drug-likeness (QED) is 0.859. The zero-order valence-electron chi connectivity index (χ0n) is 10.9. The van der Waals surface area contributed by atoms with Crippen LogP contribution in [0.4, 0.5) is 13.2 Å². The normalized spacial score (nSPS) is 14.8. The molecule has 106 valence electrons. The van der Waals surface area contributed by atoms with E-state index in [-0.39, 0.29) is 6.04 Å². The van der Waals surface area contributed by atoms with Gasteiger partial charge in [0, 0.05) is 6.04 Å². The SMILES string of the molecule is COC(=O)[C@H](C)N[C@H](C)c1ccc(C(F)(F)F)cc1. The number of nitrogens with one attached hydrogen (secondary N) is 1. The zero-order valence-corrected chi connectivity index (χ0v) is 10.9. The van der Waals surface area contributed by atoms with Gasteiger partial charge >= 0.3 is 12.1 Å². The Kier molecular flexibility index (Phi) is 4.94. The molecule has 1 aromatic rings. The van der Waals surface area contributed by atoms with Gasteiger partial charge in [0.15, 0.2) is 0 Å². The van der Waals surface area contributed by atoms with Gasteiger partial charge in [0.25, 0.3) is 0 Å². The molecule has 0 saturated heterocycles. The summed E-state index contributed by atoms with van der Waals surface area (Å²) >= 11 is 0. The Balaban J connectivity index is 2.73. The van der Waals surface area contributed by atoms with Crippen LogP contribution in [0, 0.1) is 0 Å². The summed E-state index contributed by atoms with van der Waals surface area (Å²) in [6, 6.07) is 4.06. The van der Waals surface area contributed by atoms with Crippen LogP contribution in [0.15, 0.2) is 24.3 Å². The first-order chi connectivity index (χ1) is 8.75. The predicted molar refractivity (Wildman–Crippen MR) is 64.5 cm³/mol. The van der Waals surface area contributed by atoms with Crippen LogP contribution in [0.5, 0.6) is 0 Å². The van der Waals surface area contributed by atoms with Gasteiger partial charge in [0.2, 0.25) is 0 Å². The average Bonchev–Trinajstić information content (AvgIpc) is 2.36. The largest absolute Gasteiger partial charge is 0.468 e. The van der Waals surface area contributed by atoms with Gasteiger partial charge in [0.1, 0.15) is 6.04 Å². The molecule has 0 spiro atoms. The number of esters is 1. The number of methoxy groups -OCH3 is 1. The fraction of sp³-hybridized carbons (Fsp3) is 0.462. The summed E-state index contributed by atoms with van der Waals surface area (Å²) in [5.74, 6) is -0.418. The molecule has 0 heterocycles. The van der Waals surface area contributed by atoms with Crippen molar-refractivity contribution >= 4 is 5.97 Å². The first-order valence-electron chi connectivity index (χ1n) is 5.76. The third-order valence-corrected chi connectivity index (χ3v) is 2.79. The molecular formula is C13H16F3NO2. The molecule has 0 bridgehead atoms. The van der Waals surface area contributed by atoms with Crippen molar-refractivity contribution in [1.29, 1.82) is 0 Å².